The molecule has 0 aliphatic carbocycles. The van der Waals surface area contributed by atoms with Crippen molar-refractivity contribution < 1.29 is 5.11 Å². The van der Waals surface area contributed by atoms with Crippen molar-refractivity contribution >= 4 is 0 Å². The van der Waals surface area contributed by atoms with Gasteiger partial charge in [-0.1, -0.05) is 0 Å². The minimum atomic E-state index is -0.761. The Labute approximate surface area is 97.9 Å². The van der Waals surface area contributed by atoms with Crippen molar-refractivity contribution in [3.8, 4) is 0 Å². The molecule has 0 fully saturated rings. The van der Waals surface area contributed by atoms with Crippen LogP contribution >= 0.6 is 0 Å². The Morgan fingerprint density at radius 3 is 2.44 bits per heavy atom. The van der Waals surface area contributed by atoms with E-state index in [1.165, 1.54) is 11.1 Å². The van der Waals surface area contributed by atoms with Gasteiger partial charge in [0.1, 0.15) is 0 Å². The van der Waals surface area contributed by atoms with Crippen LogP contribution in [0.3, 0.4) is 0 Å². The number of hydrogen-bond acceptors (Lipinski definition) is 3. The summed E-state index contributed by atoms with van der Waals surface area (Å²) in [6.45, 7) is 10.4. The van der Waals surface area contributed by atoms with E-state index in [9.17, 15) is 5.11 Å². The number of aryl methyl sites for hydroxylation is 1. The number of aliphatic hydroxyl groups is 1. The average molecular weight is 222 g/mol. The highest BCUT2D eigenvalue weighted by molar-refractivity contribution is 5.21. The predicted molar refractivity (Wildman–Crippen MR) is 66.2 cm³/mol. The van der Waals surface area contributed by atoms with E-state index in [2.05, 4.69) is 17.2 Å². The van der Waals surface area contributed by atoms with Crippen LogP contribution in [0, 0.1) is 6.92 Å². The van der Waals surface area contributed by atoms with Crippen molar-refractivity contribution in [3.05, 3.63) is 29.6 Å². The molecule has 0 atom stereocenters. The van der Waals surface area contributed by atoms with E-state index in [0.29, 0.717) is 0 Å². The fourth-order valence-electron chi connectivity index (χ4n) is 1.21. The fraction of sp³-hybridized carbons (Fsp3) is 0.615. The molecule has 0 spiro atoms. The van der Waals surface area contributed by atoms with Crippen LogP contribution in [0.25, 0.3) is 0 Å². The Balaban J connectivity index is 2.69. The first-order valence-corrected chi connectivity index (χ1v) is 5.61. The summed E-state index contributed by atoms with van der Waals surface area (Å²) in [4.78, 5) is 4.11. The number of nitrogens with one attached hydrogen (secondary N) is 1. The highest BCUT2D eigenvalue weighted by Crippen LogP contribution is 2.21. The standard InChI is InChI=1S/C13H22N2O/c1-10-6-7-14-8-11(10)9-15-12(2,3)13(4,5)16/h6-8,15-16H,9H2,1-5H3. The number of nitrogens with zero attached hydrogens (tertiary/aromatic N) is 1. The molecule has 0 saturated carbocycles. The minimum Gasteiger partial charge on any atom is -0.389 e. The highest BCUT2D eigenvalue weighted by atomic mass is 16.3. The lowest BCUT2D eigenvalue weighted by molar-refractivity contribution is -0.00535. The van der Waals surface area contributed by atoms with E-state index < -0.39 is 5.60 Å². The summed E-state index contributed by atoms with van der Waals surface area (Å²) in [6, 6.07) is 1.99. The van der Waals surface area contributed by atoms with Gasteiger partial charge in [0.05, 0.1) is 5.60 Å². The van der Waals surface area contributed by atoms with Gasteiger partial charge in [0, 0.05) is 24.5 Å². The Morgan fingerprint density at radius 1 is 1.31 bits per heavy atom. The third kappa shape index (κ3) is 3.03. The van der Waals surface area contributed by atoms with Crippen molar-refractivity contribution in [1.29, 1.82) is 0 Å². The van der Waals surface area contributed by atoms with E-state index in [0.717, 1.165) is 6.54 Å². The van der Waals surface area contributed by atoms with Crippen LogP contribution in [0.2, 0.25) is 0 Å². The monoisotopic (exact) mass is 222 g/mol. The summed E-state index contributed by atoms with van der Waals surface area (Å²) in [5.74, 6) is 0. The summed E-state index contributed by atoms with van der Waals surface area (Å²) in [7, 11) is 0. The summed E-state index contributed by atoms with van der Waals surface area (Å²) < 4.78 is 0. The predicted octanol–water partition coefficient (Wildman–Crippen LogP) is 2.03. The maximum absolute atomic E-state index is 10.0. The van der Waals surface area contributed by atoms with Gasteiger partial charge in [0.15, 0.2) is 0 Å². The van der Waals surface area contributed by atoms with Gasteiger partial charge in [-0.15, -0.1) is 0 Å². The van der Waals surface area contributed by atoms with Gasteiger partial charge in [0.2, 0.25) is 0 Å². The lowest BCUT2D eigenvalue weighted by atomic mass is 9.86. The second-order valence-corrected chi connectivity index (χ2v) is 5.34. The quantitative estimate of drug-likeness (QED) is 0.819. The molecule has 90 valence electrons. The molecule has 1 aromatic rings. The van der Waals surface area contributed by atoms with Crippen molar-refractivity contribution in [2.45, 2.75) is 52.3 Å². The molecular weight excluding hydrogens is 200 g/mol. The molecule has 0 aliphatic heterocycles. The van der Waals surface area contributed by atoms with Gasteiger partial charge in [0.25, 0.3) is 0 Å². The number of hydrogen-bond donors (Lipinski definition) is 2. The smallest absolute Gasteiger partial charge is 0.0767 e. The summed E-state index contributed by atoms with van der Waals surface area (Å²) >= 11 is 0. The molecule has 1 heterocycles. The Hall–Kier alpha value is -0.930. The lowest BCUT2D eigenvalue weighted by Gasteiger charge is -2.38. The van der Waals surface area contributed by atoms with Crippen molar-refractivity contribution in [1.82, 2.24) is 10.3 Å². The third-order valence-corrected chi connectivity index (χ3v) is 3.40. The Kier molecular flexibility index (Phi) is 3.71. The first-order chi connectivity index (χ1) is 7.24. The fourth-order valence-corrected chi connectivity index (χ4v) is 1.21. The zero-order chi connectivity index (χ0) is 12.4. The molecule has 0 aliphatic rings. The molecule has 0 amide bonds. The third-order valence-electron chi connectivity index (χ3n) is 3.40. The van der Waals surface area contributed by atoms with Gasteiger partial charge in [-0.3, -0.25) is 4.98 Å². The molecule has 1 aromatic heterocycles. The SMILES string of the molecule is Cc1ccncc1CNC(C)(C)C(C)(C)O. The van der Waals surface area contributed by atoms with Gasteiger partial charge in [-0.2, -0.15) is 0 Å². The topological polar surface area (TPSA) is 45.2 Å². The van der Waals surface area contributed by atoms with Gasteiger partial charge in [-0.05, 0) is 51.8 Å². The molecule has 1 rings (SSSR count). The van der Waals surface area contributed by atoms with E-state index in [4.69, 9.17) is 0 Å². The molecule has 0 saturated heterocycles. The van der Waals surface area contributed by atoms with Crippen molar-refractivity contribution in [2.75, 3.05) is 0 Å². The first-order valence-electron chi connectivity index (χ1n) is 5.61. The molecule has 16 heavy (non-hydrogen) atoms. The minimum absolute atomic E-state index is 0.338. The van der Waals surface area contributed by atoms with E-state index in [-0.39, 0.29) is 5.54 Å². The Morgan fingerprint density at radius 2 is 1.94 bits per heavy atom. The van der Waals surface area contributed by atoms with Crippen LogP contribution < -0.4 is 5.32 Å². The Bertz CT molecular complexity index is 353. The summed E-state index contributed by atoms with van der Waals surface area (Å²) in [5.41, 5.74) is 1.28. The van der Waals surface area contributed by atoms with Crippen LogP contribution in [-0.4, -0.2) is 21.2 Å². The van der Waals surface area contributed by atoms with Crippen LogP contribution in [0.5, 0.6) is 0 Å². The summed E-state index contributed by atoms with van der Waals surface area (Å²) in [6.07, 6.45) is 3.66. The molecule has 3 nitrogen and oxygen atoms in total. The van der Waals surface area contributed by atoms with E-state index >= 15 is 0 Å². The highest BCUT2D eigenvalue weighted by Gasteiger charge is 2.34. The van der Waals surface area contributed by atoms with Crippen LogP contribution in [0.15, 0.2) is 18.5 Å². The molecule has 0 radical (unpaired) electrons. The second kappa shape index (κ2) is 4.52. The maximum Gasteiger partial charge on any atom is 0.0767 e. The van der Waals surface area contributed by atoms with Crippen LogP contribution in [0.4, 0.5) is 0 Å². The summed E-state index contributed by atoms with van der Waals surface area (Å²) in [5, 5.41) is 13.4. The lowest BCUT2D eigenvalue weighted by Crippen LogP contribution is -2.55. The van der Waals surface area contributed by atoms with Gasteiger partial charge in [-0.25, -0.2) is 0 Å². The van der Waals surface area contributed by atoms with Crippen LogP contribution in [-0.2, 0) is 6.54 Å². The van der Waals surface area contributed by atoms with Crippen molar-refractivity contribution in [3.63, 3.8) is 0 Å². The number of pyridine rings is 1. The van der Waals surface area contributed by atoms with Gasteiger partial charge < -0.3 is 10.4 Å². The zero-order valence-electron chi connectivity index (χ0n) is 10.8. The van der Waals surface area contributed by atoms with Crippen molar-refractivity contribution in [2.24, 2.45) is 0 Å². The second-order valence-electron chi connectivity index (χ2n) is 5.34. The molecule has 0 bridgehead atoms. The largest absolute Gasteiger partial charge is 0.389 e. The molecule has 0 unspecified atom stereocenters. The molecule has 0 aromatic carbocycles. The van der Waals surface area contributed by atoms with Gasteiger partial charge >= 0.3 is 0 Å². The molecule has 3 heteroatoms. The normalized spacial score (nSPS) is 12.9. The average Bonchev–Trinajstić information content (AvgIpc) is 2.15. The molecule has 2 N–H and O–H groups in total. The maximum atomic E-state index is 10.0. The molecular formula is C13H22N2O. The number of rotatable bonds is 4. The first kappa shape index (κ1) is 13.1. The zero-order valence-corrected chi connectivity index (χ0v) is 10.8. The van der Waals surface area contributed by atoms with E-state index in [1.54, 1.807) is 6.20 Å². The van der Waals surface area contributed by atoms with E-state index in [1.807, 2.05) is 40.0 Å². The van der Waals surface area contributed by atoms with Crippen LogP contribution in [0.1, 0.15) is 38.8 Å². The number of aromatic nitrogens is 1.